The van der Waals surface area contributed by atoms with Crippen LogP contribution in [0, 0.1) is 18.3 Å². The lowest BCUT2D eigenvalue weighted by molar-refractivity contribution is -0.141. The van der Waals surface area contributed by atoms with Crippen molar-refractivity contribution in [3.8, 4) is 11.8 Å². The van der Waals surface area contributed by atoms with Crippen LogP contribution in [0.3, 0.4) is 0 Å². The first-order valence-electron chi connectivity index (χ1n) is 10.8. The number of ether oxygens (including phenoxy) is 3. The minimum Gasteiger partial charge on any atom is -0.491 e. The van der Waals surface area contributed by atoms with E-state index in [9.17, 15) is 10.1 Å². The lowest BCUT2D eigenvalue weighted by atomic mass is 9.71. The van der Waals surface area contributed by atoms with Crippen molar-refractivity contribution < 1.29 is 19.0 Å². The van der Waals surface area contributed by atoms with Gasteiger partial charge < -0.3 is 19.2 Å². The Bertz CT molecular complexity index is 1310. The van der Waals surface area contributed by atoms with Gasteiger partial charge in [0.15, 0.2) is 11.6 Å². The molecule has 3 aromatic rings. The van der Waals surface area contributed by atoms with Gasteiger partial charge in [0.1, 0.15) is 18.5 Å². The summed E-state index contributed by atoms with van der Waals surface area (Å²) in [7, 11) is 0. The molecule has 1 unspecified atom stereocenters. The third-order valence-electron chi connectivity index (χ3n) is 6.62. The summed E-state index contributed by atoms with van der Waals surface area (Å²) in [5.41, 5.74) is 5.03. The normalized spacial score (nSPS) is 20.6. The number of rotatable bonds is 3. The number of ketones is 1. The van der Waals surface area contributed by atoms with Gasteiger partial charge in [-0.05, 0) is 56.2 Å². The summed E-state index contributed by atoms with van der Waals surface area (Å²) in [4.78, 5) is 17.0. The fraction of sp³-hybridized carbons (Fsp3) is 0.385. The second kappa shape index (κ2) is 6.93. The highest BCUT2D eigenvalue weighted by atomic mass is 16.7. The molecule has 32 heavy (non-hydrogen) atoms. The number of carbonyl (C=O) groups is 1. The highest BCUT2D eigenvalue weighted by Gasteiger charge is 2.40. The van der Waals surface area contributed by atoms with E-state index in [4.69, 9.17) is 14.2 Å². The number of aryl methyl sites for hydroxylation is 1. The molecule has 2 heterocycles. The molecule has 1 aliphatic carbocycles. The van der Waals surface area contributed by atoms with Crippen LogP contribution in [0.1, 0.15) is 66.0 Å². The van der Waals surface area contributed by atoms with Gasteiger partial charge in [0, 0.05) is 22.1 Å². The highest BCUT2D eigenvalue weighted by Crippen LogP contribution is 2.45. The quantitative estimate of drug-likeness (QED) is 0.648. The zero-order valence-electron chi connectivity index (χ0n) is 19.0. The van der Waals surface area contributed by atoms with Gasteiger partial charge in [-0.2, -0.15) is 5.26 Å². The fourth-order valence-electron chi connectivity index (χ4n) is 4.86. The van der Waals surface area contributed by atoms with E-state index in [0.29, 0.717) is 35.7 Å². The maximum absolute atomic E-state index is 13.5. The van der Waals surface area contributed by atoms with Crippen LogP contribution in [0.25, 0.3) is 10.9 Å². The zero-order valence-corrected chi connectivity index (χ0v) is 19.0. The van der Waals surface area contributed by atoms with Gasteiger partial charge in [0.25, 0.3) is 0 Å². The number of hydrogen-bond acceptors (Lipinski definition) is 5. The van der Waals surface area contributed by atoms with E-state index >= 15 is 0 Å². The molecule has 0 saturated carbocycles. The maximum Gasteiger partial charge on any atom is 0.195 e. The highest BCUT2D eigenvalue weighted by molar-refractivity contribution is 6.20. The van der Waals surface area contributed by atoms with Crippen molar-refractivity contribution in [1.82, 2.24) is 4.98 Å². The van der Waals surface area contributed by atoms with Crippen LogP contribution >= 0.6 is 0 Å². The van der Waals surface area contributed by atoms with E-state index < -0.39 is 11.2 Å². The molecule has 0 radical (unpaired) electrons. The number of nitriles is 1. The molecular weight excluding hydrogens is 404 g/mol. The molecule has 6 nitrogen and oxygen atoms in total. The van der Waals surface area contributed by atoms with Crippen molar-refractivity contribution in [2.75, 3.05) is 13.2 Å². The van der Waals surface area contributed by atoms with E-state index in [1.165, 1.54) is 0 Å². The van der Waals surface area contributed by atoms with Crippen LogP contribution in [-0.2, 0) is 14.9 Å². The Morgan fingerprint density at radius 2 is 2.00 bits per heavy atom. The minimum absolute atomic E-state index is 0.00879. The lowest BCUT2D eigenvalue weighted by Gasteiger charge is -2.32. The van der Waals surface area contributed by atoms with Crippen molar-refractivity contribution in [1.29, 1.82) is 5.26 Å². The molecule has 1 aromatic heterocycles. The van der Waals surface area contributed by atoms with Gasteiger partial charge in [0.2, 0.25) is 0 Å². The number of benzene rings is 2. The van der Waals surface area contributed by atoms with E-state index in [0.717, 1.165) is 27.7 Å². The third-order valence-corrected chi connectivity index (χ3v) is 6.62. The van der Waals surface area contributed by atoms with Crippen molar-refractivity contribution in [3.05, 3.63) is 63.8 Å². The molecule has 1 atom stereocenters. The fourth-order valence-corrected chi connectivity index (χ4v) is 4.86. The number of aromatic nitrogens is 1. The molecule has 0 spiro atoms. The maximum atomic E-state index is 13.5. The Labute approximate surface area is 187 Å². The van der Waals surface area contributed by atoms with Crippen molar-refractivity contribution in [3.63, 3.8) is 0 Å². The van der Waals surface area contributed by atoms with Crippen molar-refractivity contribution in [2.45, 2.75) is 51.9 Å². The number of aromatic amines is 1. The summed E-state index contributed by atoms with van der Waals surface area (Å²) in [6, 6.07) is 11.5. The third kappa shape index (κ3) is 3.04. The lowest BCUT2D eigenvalue weighted by Crippen LogP contribution is -2.30. The molecule has 1 saturated heterocycles. The summed E-state index contributed by atoms with van der Waals surface area (Å²) in [5, 5.41) is 10.3. The van der Waals surface area contributed by atoms with Gasteiger partial charge in [-0.15, -0.1) is 0 Å². The van der Waals surface area contributed by atoms with Gasteiger partial charge in [-0.3, -0.25) is 4.79 Å². The zero-order chi connectivity index (χ0) is 22.8. The SMILES string of the molecule is Cc1c(C#N)ccc2c3c([nH]c12)C(C)(C)c1cc(OCC2COC(C)(C)O2)ccc1C3=O. The predicted octanol–water partition coefficient (Wildman–Crippen LogP) is 4.75. The largest absolute Gasteiger partial charge is 0.491 e. The Kier molecular flexibility index (Phi) is 4.49. The van der Waals surface area contributed by atoms with Crippen LogP contribution in [0.5, 0.6) is 5.75 Å². The Hall–Kier alpha value is -3.14. The minimum atomic E-state index is -0.589. The summed E-state index contributed by atoms with van der Waals surface area (Å²) in [5.74, 6) is 0.0966. The molecule has 1 fully saturated rings. The summed E-state index contributed by atoms with van der Waals surface area (Å²) < 4.78 is 17.4. The first kappa shape index (κ1) is 20.7. The predicted molar refractivity (Wildman–Crippen MR) is 120 cm³/mol. The Balaban J connectivity index is 1.53. The molecule has 164 valence electrons. The van der Waals surface area contributed by atoms with Crippen LogP contribution in [0.4, 0.5) is 0 Å². The van der Waals surface area contributed by atoms with E-state index in [-0.39, 0.29) is 11.9 Å². The molecule has 2 aliphatic rings. The van der Waals surface area contributed by atoms with Crippen molar-refractivity contribution in [2.24, 2.45) is 0 Å². The molecular formula is C26H26N2O4. The van der Waals surface area contributed by atoms with E-state index in [2.05, 4.69) is 24.9 Å². The molecule has 5 rings (SSSR count). The van der Waals surface area contributed by atoms with Crippen molar-refractivity contribution >= 4 is 16.7 Å². The molecule has 6 heteroatoms. The van der Waals surface area contributed by atoms with Crippen LogP contribution in [-0.4, -0.2) is 35.9 Å². The van der Waals surface area contributed by atoms with Gasteiger partial charge in [0.05, 0.1) is 29.3 Å². The standard InChI is InChI=1S/C26H26N2O4/c1-14-15(11-27)6-8-19-21-23(29)18-9-7-16(30-12-17-13-31-26(4,5)32-17)10-20(18)25(2,3)24(21)28-22(14)19/h6-10,17,28H,12-13H2,1-5H3. The van der Waals surface area contributed by atoms with Gasteiger partial charge >= 0.3 is 0 Å². The molecule has 1 aliphatic heterocycles. The molecule has 0 amide bonds. The number of nitrogens with one attached hydrogen (secondary N) is 1. The number of carbonyl (C=O) groups excluding carboxylic acids is 1. The first-order chi connectivity index (χ1) is 15.1. The smallest absolute Gasteiger partial charge is 0.195 e. The van der Waals surface area contributed by atoms with Gasteiger partial charge in [-0.25, -0.2) is 0 Å². The molecule has 0 bridgehead atoms. The number of H-pyrrole nitrogens is 1. The van der Waals surface area contributed by atoms with Crippen LogP contribution in [0.2, 0.25) is 0 Å². The summed E-state index contributed by atoms with van der Waals surface area (Å²) in [6.45, 7) is 10.8. The summed E-state index contributed by atoms with van der Waals surface area (Å²) in [6.07, 6.45) is -0.131. The monoisotopic (exact) mass is 430 g/mol. The van der Waals surface area contributed by atoms with Gasteiger partial charge in [-0.1, -0.05) is 19.9 Å². The average Bonchev–Trinajstić information content (AvgIpc) is 3.32. The number of hydrogen-bond donors (Lipinski definition) is 1. The number of nitrogens with zero attached hydrogens (tertiary/aromatic N) is 1. The topological polar surface area (TPSA) is 84.3 Å². The average molecular weight is 431 g/mol. The Morgan fingerprint density at radius 1 is 1.22 bits per heavy atom. The van der Waals surface area contributed by atoms with E-state index in [1.54, 1.807) is 6.07 Å². The summed E-state index contributed by atoms with van der Waals surface area (Å²) >= 11 is 0. The second-order valence-corrected chi connectivity index (χ2v) is 9.57. The Morgan fingerprint density at radius 3 is 2.69 bits per heavy atom. The molecule has 2 aromatic carbocycles. The second-order valence-electron chi connectivity index (χ2n) is 9.57. The van der Waals surface area contributed by atoms with Crippen LogP contribution < -0.4 is 4.74 Å². The van der Waals surface area contributed by atoms with E-state index in [1.807, 2.05) is 45.0 Å². The van der Waals surface area contributed by atoms with Crippen LogP contribution in [0.15, 0.2) is 30.3 Å². The molecule has 1 N–H and O–H groups in total. The number of fused-ring (bicyclic) bond motifs is 4. The first-order valence-corrected chi connectivity index (χ1v) is 10.8.